The van der Waals surface area contributed by atoms with Gasteiger partial charge in [-0.2, -0.15) is 17.0 Å². The maximum Gasteiger partial charge on any atom is 0.281 e. The number of ether oxygens (including phenoxy) is 1. The fraction of sp³-hybridized carbons (Fsp3) is 1.00. The highest BCUT2D eigenvalue weighted by atomic mass is 32.2. The van der Waals surface area contributed by atoms with Crippen molar-refractivity contribution in [2.75, 3.05) is 59.0 Å². The van der Waals surface area contributed by atoms with E-state index in [1.54, 1.807) is 8.61 Å². The van der Waals surface area contributed by atoms with Gasteiger partial charge in [-0.1, -0.05) is 27.7 Å². The molecule has 0 spiro atoms. The van der Waals surface area contributed by atoms with E-state index in [1.165, 1.54) is 0 Å². The van der Waals surface area contributed by atoms with Crippen LogP contribution in [0.5, 0.6) is 0 Å². The van der Waals surface area contributed by atoms with Crippen LogP contribution in [0.25, 0.3) is 0 Å². The van der Waals surface area contributed by atoms with Crippen LogP contribution in [-0.4, -0.2) is 81.0 Å². The van der Waals surface area contributed by atoms with Gasteiger partial charge >= 0.3 is 0 Å². The molecule has 2 aliphatic rings. The highest BCUT2D eigenvalue weighted by Crippen LogP contribution is 2.23. The second kappa shape index (κ2) is 11.1. The molecule has 0 aromatic carbocycles. The summed E-state index contributed by atoms with van der Waals surface area (Å²) in [6.07, 6.45) is 3.78. The lowest BCUT2D eigenvalue weighted by Gasteiger charge is -2.37. The van der Waals surface area contributed by atoms with E-state index in [0.29, 0.717) is 43.9 Å². The Morgan fingerprint density at radius 2 is 1.44 bits per heavy atom. The Bertz CT molecular complexity index is 499. The van der Waals surface area contributed by atoms with Gasteiger partial charge in [0.1, 0.15) is 0 Å². The topological polar surface area (TPSA) is 53.1 Å². The predicted molar refractivity (Wildman–Crippen MR) is 111 cm³/mol. The normalized spacial score (nSPS) is 21.6. The van der Waals surface area contributed by atoms with Gasteiger partial charge in [-0.15, -0.1) is 0 Å². The van der Waals surface area contributed by atoms with Crippen molar-refractivity contribution in [2.45, 2.75) is 53.4 Å². The smallest absolute Gasteiger partial charge is 0.281 e. The van der Waals surface area contributed by atoms with E-state index < -0.39 is 10.2 Å². The summed E-state index contributed by atoms with van der Waals surface area (Å²) in [6, 6.07) is 0. The molecule has 0 aromatic rings. The van der Waals surface area contributed by atoms with Gasteiger partial charge in [0, 0.05) is 45.8 Å². The molecule has 0 amide bonds. The van der Waals surface area contributed by atoms with Gasteiger partial charge in [0.05, 0.1) is 13.2 Å². The fourth-order valence-electron chi connectivity index (χ4n) is 3.78. The summed E-state index contributed by atoms with van der Waals surface area (Å²) in [4.78, 5) is 2.47. The zero-order valence-corrected chi connectivity index (χ0v) is 18.7. The molecule has 2 aliphatic heterocycles. The molecule has 27 heavy (non-hydrogen) atoms. The molecule has 7 heteroatoms. The number of hydrogen-bond acceptors (Lipinski definition) is 4. The zero-order valence-electron chi connectivity index (χ0n) is 17.9. The van der Waals surface area contributed by atoms with Crippen LogP contribution in [0.1, 0.15) is 53.4 Å². The minimum atomic E-state index is -3.34. The first-order valence-electron chi connectivity index (χ1n) is 10.8. The highest BCUT2D eigenvalue weighted by molar-refractivity contribution is 7.86. The van der Waals surface area contributed by atoms with Crippen molar-refractivity contribution in [1.29, 1.82) is 0 Å². The van der Waals surface area contributed by atoms with Crippen LogP contribution in [-0.2, 0) is 14.9 Å². The highest BCUT2D eigenvalue weighted by Gasteiger charge is 2.33. The van der Waals surface area contributed by atoms with Gasteiger partial charge in [0.25, 0.3) is 10.2 Å². The van der Waals surface area contributed by atoms with Gasteiger partial charge < -0.3 is 4.74 Å². The molecular weight excluding hydrogens is 362 g/mol. The minimum Gasteiger partial charge on any atom is -0.379 e. The minimum absolute atomic E-state index is 0.515. The summed E-state index contributed by atoms with van der Waals surface area (Å²) in [7, 11) is -3.34. The Morgan fingerprint density at radius 1 is 0.926 bits per heavy atom. The summed E-state index contributed by atoms with van der Waals surface area (Å²) < 4.78 is 35.4. The third kappa shape index (κ3) is 7.61. The molecule has 0 bridgehead atoms. The molecule has 160 valence electrons. The molecule has 0 aromatic heterocycles. The van der Waals surface area contributed by atoms with Crippen molar-refractivity contribution in [3.8, 4) is 0 Å². The van der Waals surface area contributed by atoms with E-state index >= 15 is 0 Å². The first-order chi connectivity index (χ1) is 12.8. The fourth-order valence-corrected chi connectivity index (χ4v) is 5.45. The summed E-state index contributed by atoms with van der Waals surface area (Å²) in [5.41, 5.74) is 0. The SMILES string of the molecule is CC(C)CCN(CCC(C)C)S(=O)(=O)N1CCC(CN2CCOCC2)CC1. The molecule has 0 N–H and O–H groups in total. The summed E-state index contributed by atoms with van der Waals surface area (Å²) in [6.45, 7) is 16.0. The second-order valence-electron chi connectivity index (χ2n) is 9.03. The molecule has 6 nitrogen and oxygen atoms in total. The second-order valence-corrected chi connectivity index (χ2v) is 11.0. The average molecular weight is 404 g/mol. The third-order valence-corrected chi connectivity index (χ3v) is 7.79. The van der Waals surface area contributed by atoms with Crippen LogP contribution < -0.4 is 0 Å². The van der Waals surface area contributed by atoms with Crippen molar-refractivity contribution in [2.24, 2.45) is 17.8 Å². The molecule has 0 radical (unpaired) electrons. The lowest BCUT2D eigenvalue weighted by Crippen LogP contribution is -2.49. The molecule has 2 rings (SSSR count). The summed E-state index contributed by atoms with van der Waals surface area (Å²) in [5, 5.41) is 0. The van der Waals surface area contributed by atoms with Gasteiger partial charge in [-0.05, 0) is 43.4 Å². The summed E-state index contributed by atoms with van der Waals surface area (Å²) in [5.74, 6) is 1.64. The molecule has 2 saturated heterocycles. The van der Waals surface area contributed by atoms with Crippen LogP contribution in [0, 0.1) is 17.8 Å². The predicted octanol–water partition coefficient (Wildman–Crippen LogP) is 2.67. The monoisotopic (exact) mass is 403 g/mol. The van der Waals surface area contributed by atoms with Crippen LogP contribution in [0.3, 0.4) is 0 Å². The molecular formula is C20H41N3O3S. The lowest BCUT2D eigenvalue weighted by molar-refractivity contribution is 0.0267. The number of morpholine rings is 1. The van der Waals surface area contributed by atoms with Crippen LogP contribution in [0.2, 0.25) is 0 Å². The van der Waals surface area contributed by atoms with Gasteiger partial charge in [0.15, 0.2) is 0 Å². The largest absolute Gasteiger partial charge is 0.379 e. The Morgan fingerprint density at radius 3 is 1.93 bits per heavy atom. The van der Waals surface area contributed by atoms with E-state index in [4.69, 9.17) is 4.74 Å². The van der Waals surface area contributed by atoms with Gasteiger partial charge in [-0.25, -0.2) is 0 Å². The van der Waals surface area contributed by atoms with E-state index in [9.17, 15) is 8.42 Å². The van der Waals surface area contributed by atoms with E-state index in [1.807, 2.05) is 0 Å². The van der Waals surface area contributed by atoms with E-state index in [2.05, 4.69) is 32.6 Å². The molecule has 0 unspecified atom stereocenters. The summed E-state index contributed by atoms with van der Waals surface area (Å²) >= 11 is 0. The Kier molecular flexibility index (Phi) is 9.48. The van der Waals surface area contributed by atoms with Crippen molar-refractivity contribution >= 4 is 10.2 Å². The average Bonchev–Trinajstić information content (AvgIpc) is 2.62. The van der Waals surface area contributed by atoms with Crippen molar-refractivity contribution in [1.82, 2.24) is 13.5 Å². The standard InChI is InChI=1S/C20H41N3O3S/c1-18(2)5-9-22(10-6-19(3)4)27(24,25)23-11-7-20(8-12-23)17-21-13-15-26-16-14-21/h18-20H,5-17H2,1-4H3. The van der Waals surface area contributed by atoms with Crippen LogP contribution in [0.4, 0.5) is 0 Å². The zero-order chi connectivity index (χ0) is 19.9. The maximum absolute atomic E-state index is 13.2. The molecule has 0 atom stereocenters. The third-order valence-electron chi connectivity index (χ3n) is 5.76. The van der Waals surface area contributed by atoms with Crippen molar-refractivity contribution in [3.63, 3.8) is 0 Å². The van der Waals surface area contributed by atoms with E-state index in [-0.39, 0.29) is 0 Å². The van der Waals surface area contributed by atoms with Crippen molar-refractivity contribution in [3.05, 3.63) is 0 Å². The number of hydrogen-bond donors (Lipinski definition) is 0. The molecule has 2 heterocycles. The number of nitrogens with zero attached hydrogens (tertiary/aromatic N) is 3. The quantitative estimate of drug-likeness (QED) is 0.563. The number of piperidine rings is 1. The first kappa shape index (κ1) is 23.1. The molecule has 2 fully saturated rings. The molecule has 0 saturated carbocycles. The Balaban J connectivity index is 1.89. The molecule has 0 aliphatic carbocycles. The van der Waals surface area contributed by atoms with Gasteiger partial charge in [-0.3, -0.25) is 4.90 Å². The first-order valence-corrected chi connectivity index (χ1v) is 12.2. The van der Waals surface area contributed by atoms with Crippen LogP contribution >= 0.6 is 0 Å². The van der Waals surface area contributed by atoms with Gasteiger partial charge in [0.2, 0.25) is 0 Å². The van der Waals surface area contributed by atoms with Crippen LogP contribution in [0.15, 0.2) is 0 Å². The maximum atomic E-state index is 13.2. The Hall–Kier alpha value is -0.210. The number of rotatable bonds is 10. The Labute approximate surface area is 167 Å². The van der Waals surface area contributed by atoms with Crippen molar-refractivity contribution < 1.29 is 13.2 Å². The van der Waals surface area contributed by atoms with E-state index in [0.717, 1.165) is 58.5 Å². The lowest BCUT2D eigenvalue weighted by atomic mass is 9.97.